The van der Waals surface area contributed by atoms with Crippen molar-refractivity contribution in [3.8, 4) is 0 Å². The molecule has 8 heteroatoms. The Labute approximate surface area is 115 Å². The Hall–Kier alpha value is -1.96. The number of amides is 1. The third kappa shape index (κ3) is 2.64. The smallest absolute Gasteiger partial charge is 0.322 e. The van der Waals surface area contributed by atoms with E-state index in [1.807, 2.05) is 6.92 Å². The van der Waals surface area contributed by atoms with Crippen LogP contribution in [0, 0.1) is 16.0 Å². The SMILES string of the molecule is CCCc1[nH]nc(C(=O)N2CCC(CO)C2)c1[N+](=O)[O-]. The molecule has 2 heterocycles. The molecule has 0 radical (unpaired) electrons. The fourth-order valence-corrected chi connectivity index (χ4v) is 2.46. The molecular formula is C12H18N4O4. The maximum atomic E-state index is 12.3. The predicted octanol–water partition coefficient (Wildman–Crippen LogP) is 0.725. The average molecular weight is 282 g/mol. The Morgan fingerprint density at radius 1 is 1.65 bits per heavy atom. The van der Waals surface area contributed by atoms with Crippen molar-refractivity contribution in [2.24, 2.45) is 5.92 Å². The fraction of sp³-hybridized carbons (Fsp3) is 0.667. The van der Waals surface area contributed by atoms with E-state index in [1.54, 1.807) is 0 Å². The van der Waals surface area contributed by atoms with Crippen molar-refractivity contribution in [3.63, 3.8) is 0 Å². The van der Waals surface area contributed by atoms with Crippen LogP contribution in [-0.2, 0) is 6.42 Å². The number of aryl methyl sites for hydroxylation is 1. The molecule has 0 bridgehead atoms. The molecule has 1 aliphatic rings. The van der Waals surface area contributed by atoms with Gasteiger partial charge in [0.25, 0.3) is 5.91 Å². The Morgan fingerprint density at radius 2 is 2.40 bits per heavy atom. The van der Waals surface area contributed by atoms with Crippen LogP contribution >= 0.6 is 0 Å². The quantitative estimate of drug-likeness (QED) is 0.610. The van der Waals surface area contributed by atoms with E-state index in [4.69, 9.17) is 5.11 Å². The summed E-state index contributed by atoms with van der Waals surface area (Å²) in [7, 11) is 0. The molecule has 1 saturated heterocycles. The van der Waals surface area contributed by atoms with Gasteiger partial charge in [-0.05, 0) is 12.8 Å². The first kappa shape index (κ1) is 14.4. The number of likely N-dealkylation sites (tertiary alicyclic amines) is 1. The van der Waals surface area contributed by atoms with Crippen molar-refractivity contribution in [1.29, 1.82) is 0 Å². The van der Waals surface area contributed by atoms with Gasteiger partial charge in [0.2, 0.25) is 5.69 Å². The zero-order valence-corrected chi connectivity index (χ0v) is 11.3. The van der Waals surface area contributed by atoms with Gasteiger partial charge in [-0.15, -0.1) is 0 Å². The standard InChI is InChI=1S/C12H18N4O4/c1-2-3-9-11(16(19)20)10(14-13-9)12(18)15-5-4-8(6-15)7-17/h8,17H,2-7H2,1H3,(H,13,14). The molecule has 2 N–H and O–H groups in total. The van der Waals surface area contributed by atoms with Crippen LogP contribution in [0.25, 0.3) is 0 Å². The molecule has 1 amide bonds. The van der Waals surface area contributed by atoms with E-state index in [0.29, 0.717) is 31.6 Å². The number of aromatic nitrogens is 2. The summed E-state index contributed by atoms with van der Waals surface area (Å²) in [5.41, 5.74) is 0.0418. The summed E-state index contributed by atoms with van der Waals surface area (Å²) in [6.45, 7) is 2.84. The number of hydrogen-bond acceptors (Lipinski definition) is 5. The molecule has 0 spiro atoms. The molecule has 1 aromatic rings. The Balaban J connectivity index is 2.24. The highest BCUT2D eigenvalue weighted by atomic mass is 16.6. The van der Waals surface area contributed by atoms with Gasteiger partial charge in [0.15, 0.2) is 0 Å². The second kappa shape index (κ2) is 6.00. The third-order valence-corrected chi connectivity index (χ3v) is 3.53. The Morgan fingerprint density at radius 3 is 2.95 bits per heavy atom. The molecule has 0 aromatic carbocycles. The number of carbonyl (C=O) groups excluding carboxylic acids is 1. The molecule has 2 rings (SSSR count). The number of nitrogens with one attached hydrogen (secondary N) is 1. The third-order valence-electron chi connectivity index (χ3n) is 3.53. The van der Waals surface area contributed by atoms with E-state index >= 15 is 0 Å². The van der Waals surface area contributed by atoms with Gasteiger partial charge in [0.05, 0.1) is 4.92 Å². The largest absolute Gasteiger partial charge is 0.396 e. The van der Waals surface area contributed by atoms with Gasteiger partial charge in [-0.1, -0.05) is 13.3 Å². The molecule has 1 aromatic heterocycles. The van der Waals surface area contributed by atoms with Crippen molar-refractivity contribution in [2.45, 2.75) is 26.2 Å². The lowest BCUT2D eigenvalue weighted by molar-refractivity contribution is -0.385. The molecule has 1 aliphatic heterocycles. The molecule has 20 heavy (non-hydrogen) atoms. The summed E-state index contributed by atoms with van der Waals surface area (Å²) in [6, 6.07) is 0. The molecule has 1 unspecified atom stereocenters. The van der Waals surface area contributed by atoms with Crippen LogP contribution in [0.2, 0.25) is 0 Å². The first-order valence-electron chi connectivity index (χ1n) is 6.70. The number of aliphatic hydroxyl groups is 1. The van der Waals surface area contributed by atoms with Gasteiger partial charge in [-0.25, -0.2) is 0 Å². The number of hydrogen-bond donors (Lipinski definition) is 2. The minimum absolute atomic E-state index is 0.0214. The lowest BCUT2D eigenvalue weighted by Gasteiger charge is -2.14. The number of nitrogens with zero attached hydrogens (tertiary/aromatic N) is 3. The normalized spacial score (nSPS) is 18.5. The van der Waals surface area contributed by atoms with Gasteiger partial charge in [-0.3, -0.25) is 20.0 Å². The average Bonchev–Trinajstić information content (AvgIpc) is 3.04. The highest BCUT2D eigenvalue weighted by Crippen LogP contribution is 2.26. The van der Waals surface area contributed by atoms with Crippen LogP contribution in [-0.4, -0.2) is 50.7 Å². The zero-order valence-electron chi connectivity index (χ0n) is 11.3. The van der Waals surface area contributed by atoms with E-state index < -0.39 is 10.8 Å². The minimum Gasteiger partial charge on any atom is -0.396 e. The van der Waals surface area contributed by atoms with E-state index in [-0.39, 0.29) is 23.9 Å². The van der Waals surface area contributed by atoms with Crippen LogP contribution in [0.15, 0.2) is 0 Å². The first-order valence-corrected chi connectivity index (χ1v) is 6.70. The zero-order chi connectivity index (χ0) is 14.7. The van der Waals surface area contributed by atoms with Gasteiger partial charge in [0, 0.05) is 25.6 Å². The summed E-state index contributed by atoms with van der Waals surface area (Å²) >= 11 is 0. The summed E-state index contributed by atoms with van der Waals surface area (Å²) in [5.74, 6) is -0.390. The number of nitro groups is 1. The number of aliphatic hydroxyl groups excluding tert-OH is 1. The predicted molar refractivity (Wildman–Crippen MR) is 70.3 cm³/mol. The monoisotopic (exact) mass is 282 g/mol. The van der Waals surface area contributed by atoms with Crippen molar-refractivity contribution >= 4 is 11.6 Å². The molecule has 0 saturated carbocycles. The lowest BCUT2D eigenvalue weighted by Crippen LogP contribution is -2.30. The second-order valence-electron chi connectivity index (χ2n) is 4.99. The van der Waals surface area contributed by atoms with Crippen LogP contribution in [0.4, 0.5) is 5.69 Å². The fourth-order valence-electron chi connectivity index (χ4n) is 2.46. The van der Waals surface area contributed by atoms with Crippen LogP contribution < -0.4 is 0 Å². The van der Waals surface area contributed by atoms with Crippen LogP contribution in [0.1, 0.15) is 35.9 Å². The van der Waals surface area contributed by atoms with E-state index in [1.165, 1.54) is 4.90 Å². The lowest BCUT2D eigenvalue weighted by atomic mass is 10.1. The number of H-pyrrole nitrogens is 1. The number of rotatable bonds is 5. The van der Waals surface area contributed by atoms with Crippen molar-refractivity contribution < 1.29 is 14.8 Å². The maximum Gasteiger partial charge on any atom is 0.322 e. The maximum absolute atomic E-state index is 12.3. The highest BCUT2D eigenvalue weighted by molar-refractivity contribution is 5.96. The summed E-state index contributed by atoms with van der Waals surface area (Å²) in [5, 5.41) is 26.7. The van der Waals surface area contributed by atoms with Crippen LogP contribution in [0.3, 0.4) is 0 Å². The van der Waals surface area contributed by atoms with E-state index in [0.717, 1.165) is 6.42 Å². The molecule has 8 nitrogen and oxygen atoms in total. The molecule has 110 valence electrons. The van der Waals surface area contributed by atoms with Crippen molar-refractivity contribution in [3.05, 3.63) is 21.5 Å². The van der Waals surface area contributed by atoms with Gasteiger partial charge in [-0.2, -0.15) is 5.10 Å². The van der Waals surface area contributed by atoms with Gasteiger partial charge in [0.1, 0.15) is 5.69 Å². The van der Waals surface area contributed by atoms with Gasteiger partial charge < -0.3 is 10.0 Å². The second-order valence-corrected chi connectivity index (χ2v) is 4.99. The number of carbonyl (C=O) groups is 1. The molecule has 1 fully saturated rings. The van der Waals surface area contributed by atoms with E-state index in [2.05, 4.69) is 10.2 Å². The molecule has 0 aliphatic carbocycles. The first-order chi connectivity index (χ1) is 9.58. The highest BCUT2D eigenvalue weighted by Gasteiger charge is 2.34. The summed E-state index contributed by atoms with van der Waals surface area (Å²) < 4.78 is 0. The molecule has 1 atom stereocenters. The topological polar surface area (TPSA) is 112 Å². The van der Waals surface area contributed by atoms with Crippen molar-refractivity contribution in [1.82, 2.24) is 15.1 Å². The molecular weight excluding hydrogens is 264 g/mol. The van der Waals surface area contributed by atoms with Crippen molar-refractivity contribution in [2.75, 3.05) is 19.7 Å². The minimum atomic E-state index is -0.554. The van der Waals surface area contributed by atoms with Gasteiger partial charge >= 0.3 is 5.69 Å². The summed E-state index contributed by atoms with van der Waals surface area (Å²) in [4.78, 5) is 24.4. The van der Waals surface area contributed by atoms with Crippen LogP contribution in [0.5, 0.6) is 0 Å². The van der Waals surface area contributed by atoms with E-state index in [9.17, 15) is 14.9 Å². The summed E-state index contributed by atoms with van der Waals surface area (Å²) in [6.07, 6.45) is 1.92. The Bertz CT molecular complexity index is 514. The number of aromatic amines is 1. The Kier molecular flexibility index (Phi) is 4.33.